The fourth-order valence-electron chi connectivity index (χ4n) is 2.20. The summed E-state index contributed by atoms with van der Waals surface area (Å²) < 4.78 is 23.6. The van der Waals surface area contributed by atoms with Crippen molar-refractivity contribution in [3.63, 3.8) is 0 Å². The van der Waals surface area contributed by atoms with Crippen LogP contribution in [0.4, 0.5) is 15.8 Å². The van der Waals surface area contributed by atoms with Gasteiger partial charge in [0.2, 0.25) is 0 Å². The Labute approximate surface area is 120 Å². The summed E-state index contributed by atoms with van der Waals surface area (Å²) in [7, 11) is 1.13. The van der Waals surface area contributed by atoms with Crippen LogP contribution in [-0.4, -0.2) is 44.3 Å². The smallest absolute Gasteiger partial charge is 0.340 e. The number of hydrogen-bond donors (Lipinski definition) is 0. The van der Waals surface area contributed by atoms with Crippen molar-refractivity contribution in [3.8, 4) is 0 Å². The Morgan fingerprint density at radius 2 is 2.19 bits per heavy atom. The van der Waals surface area contributed by atoms with E-state index in [0.717, 1.165) is 13.2 Å². The van der Waals surface area contributed by atoms with Gasteiger partial charge in [0.05, 0.1) is 30.3 Å². The summed E-state index contributed by atoms with van der Waals surface area (Å²) in [6.45, 7) is 1.96. The number of halogens is 1. The molecule has 1 heterocycles. The first-order valence-corrected chi connectivity index (χ1v) is 6.43. The zero-order valence-electron chi connectivity index (χ0n) is 11.5. The molecule has 0 aliphatic carbocycles. The van der Waals surface area contributed by atoms with Crippen LogP contribution in [0.25, 0.3) is 0 Å². The number of methoxy groups -OCH3 is 1. The molecule has 0 atom stereocenters. The van der Waals surface area contributed by atoms with Crippen molar-refractivity contribution < 1.29 is 23.6 Å². The number of anilines is 1. The van der Waals surface area contributed by atoms with E-state index in [4.69, 9.17) is 4.74 Å². The number of hydrogen-bond acceptors (Lipinski definition) is 6. The van der Waals surface area contributed by atoms with Gasteiger partial charge < -0.3 is 14.4 Å². The highest BCUT2D eigenvalue weighted by Crippen LogP contribution is 2.32. The van der Waals surface area contributed by atoms with Gasteiger partial charge in [0, 0.05) is 19.7 Å². The maximum absolute atomic E-state index is 13.8. The molecule has 1 fully saturated rings. The van der Waals surface area contributed by atoms with Crippen LogP contribution in [0.1, 0.15) is 16.8 Å². The molecule has 21 heavy (non-hydrogen) atoms. The number of nitrogens with zero attached hydrogens (tertiary/aromatic N) is 2. The van der Waals surface area contributed by atoms with Gasteiger partial charge in [0.1, 0.15) is 11.5 Å². The lowest BCUT2D eigenvalue weighted by molar-refractivity contribution is -0.384. The summed E-state index contributed by atoms with van der Waals surface area (Å²) in [6.07, 6.45) is 0.697. The van der Waals surface area contributed by atoms with Gasteiger partial charge in [-0.15, -0.1) is 0 Å². The van der Waals surface area contributed by atoms with Crippen molar-refractivity contribution in [2.45, 2.75) is 6.42 Å². The van der Waals surface area contributed by atoms with Gasteiger partial charge in [-0.25, -0.2) is 9.18 Å². The van der Waals surface area contributed by atoms with Crippen molar-refractivity contribution in [2.75, 3.05) is 38.3 Å². The van der Waals surface area contributed by atoms with E-state index in [2.05, 4.69) is 4.74 Å². The number of carbonyl (C=O) groups is 1. The maximum Gasteiger partial charge on any atom is 0.340 e. The van der Waals surface area contributed by atoms with E-state index in [1.165, 1.54) is 6.07 Å². The van der Waals surface area contributed by atoms with E-state index in [0.29, 0.717) is 32.7 Å². The molecule has 0 N–H and O–H groups in total. The number of ether oxygens (including phenoxy) is 2. The molecule has 0 amide bonds. The lowest BCUT2D eigenvalue weighted by Gasteiger charge is -2.22. The average Bonchev–Trinajstić information content (AvgIpc) is 2.75. The Kier molecular flexibility index (Phi) is 4.69. The molecule has 1 aliphatic rings. The molecule has 7 nitrogen and oxygen atoms in total. The quantitative estimate of drug-likeness (QED) is 0.480. The number of esters is 1. The molecule has 0 aromatic heterocycles. The normalized spacial score (nSPS) is 15.4. The van der Waals surface area contributed by atoms with Crippen LogP contribution >= 0.6 is 0 Å². The van der Waals surface area contributed by atoms with E-state index < -0.39 is 16.7 Å². The highest BCUT2D eigenvalue weighted by molar-refractivity contribution is 5.92. The Balaban J connectivity index is 2.49. The Bertz CT molecular complexity index is 556. The zero-order valence-corrected chi connectivity index (χ0v) is 11.5. The lowest BCUT2D eigenvalue weighted by Crippen LogP contribution is -2.27. The molecule has 2 rings (SSSR count). The van der Waals surface area contributed by atoms with Crippen LogP contribution in [0.3, 0.4) is 0 Å². The van der Waals surface area contributed by atoms with Crippen molar-refractivity contribution in [1.82, 2.24) is 0 Å². The van der Waals surface area contributed by atoms with Crippen LogP contribution in [0.15, 0.2) is 12.1 Å². The molecule has 8 heteroatoms. The molecule has 1 aromatic carbocycles. The maximum atomic E-state index is 13.8. The molecular weight excluding hydrogens is 283 g/mol. The SMILES string of the molecule is COC(=O)c1cc(N2CCCOCC2)c([N+](=O)[O-])cc1F. The Morgan fingerprint density at radius 3 is 2.86 bits per heavy atom. The van der Waals surface area contributed by atoms with Crippen molar-refractivity contribution >= 4 is 17.3 Å². The van der Waals surface area contributed by atoms with Gasteiger partial charge in [-0.05, 0) is 12.5 Å². The number of nitro benzene ring substituents is 1. The molecule has 0 unspecified atom stereocenters. The second kappa shape index (κ2) is 6.49. The molecule has 0 radical (unpaired) electrons. The van der Waals surface area contributed by atoms with E-state index in [9.17, 15) is 19.3 Å². The summed E-state index contributed by atoms with van der Waals surface area (Å²) in [5.41, 5.74) is -0.488. The van der Waals surface area contributed by atoms with Gasteiger partial charge in [-0.1, -0.05) is 0 Å². The van der Waals surface area contributed by atoms with Crippen LogP contribution in [-0.2, 0) is 9.47 Å². The largest absolute Gasteiger partial charge is 0.465 e. The van der Waals surface area contributed by atoms with E-state index in [1.807, 2.05) is 0 Å². The van der Waals surface area contributed by atoms with Crippen LogP contribution in [0, 0.1) is 15.9 Å². The average molecular weight is 298 g/mol. The van der Waals surface area contributed by atoms with Crippen molar-refractivity contribution in [2.24, 2.45) is 0 Å². The van der Waals surface area contributed by atoms with Gasteiger partial charge >= 0.3 is 5.97 Å². The van der Waals surface area contributed by atoms with Gasteiger partial charge in [0.15, 0.2) is 0 Å². The third-order valence-electron chi connectivity index (χ3n) is 3.23. The minimum Gasteiger partial charge on any atom is -0.465 e. The summed E-state index contributed by atoms with van der Waals surface area (Å²) in [6, 6.07) is 1.93. The summed E-state index contributed by atoms with van der Waals surface area (Å²) in [4.78, 5) is 23.7. The Morgan fingerprint density at radius 1 is 1.43 bits per heavy atom. The first-order chi connectivity index (χ1) is 10.0. The van der Waals surface area contributed by atoms with Gasteiger partial charge in [0.25, 0.3) is 5.69 Å². The summed E-state index contributed by atoms with van der Waals surface area (Å²) in [5, 5.41) is 11.1. The van der Waals surface area contributed by atoms with Gasteiger partial charge in [-0.3, -0.25) is 10.1 Å². The molecule has 1 saturated heterocycles. The van der Waals surface area contributed by atoms with Crippen molar-refractivity contribution in [1.29, 1.82) is 0 Å². The molecule has 0 spiro atoms. The fraction of sp³-hybridized carbons (Fsp3) is 0.462. The van der Waals surface area contributed by atoms with Crippen LogP contribution in [0.2, 0.25) is 0 Å². The van der Waals surface area contributed by atoms with E-state index in [1.54, 1.807) is 4.90 Å². The van der Waals surface area contributed by atoms with Crippen molar-refractivity contribution in [3.05, 3.63) is 33.6 Å². The Hall–Kier alpha value is -2.22. The van der Waals surface area contributed by atoms with Gasteiger partial charge in [-0.2, -0.15) is 0 Å². The minimum absolute atomic E-state index is 0.201. The second-order valence-electron chi connectivity index (χ2n) is 4.52. The number of nitro groups is 1. The second-order valence-corrected chi connectivity index (χ2v) is 4.52. The fourth-order valence-corrected chi connectivity index (χ4v) is 2.20. The molecule has 0 bridgehead atoms. The molecule has 0 saturated carbocycles. The molecular formula is C13H15FN2O5. The predicted octanol–water partition coefficient (Wildman–Crippen LogP) is 1.75. The first kappa shape index (κ1) is 15.2. The summed E-state index contributed by atoms with van der Waals surface area (Å²) in [5.74, 6) is -1.84. The number of benzene rings is 1. The van der Waals surface area contributed by atoms with E-state index >= 15 is 0 Å². The topological polar surface area (TPSA) is 81.9 Å². The highest BCUT2D eigenvalue weighted by Gasteiger charge is 2.26. The first-order valence-electron chi connectivity index (χ1n) is 6.43. The lowest BCUT2D eigenvalue weighted by atomic mass is 10.1. The molecule has 1 aliphatic heterocycles. The van der Waals surface area contributed by atoms with Crippen LogP contribution in [0.5, 0.6) is 0 Å². The predicted molar refractivity (Wildman–Crippen MR) is 72.0 cm³/mol. The standard InChI is InChI=1S/C13H15FN2O5/c1-20-13(17)9-7-11(12(16(18)19)8-10(9)14)15-3-2-5-21-6-4-15/h7-8H,2-6H2,1H3. The third kappa shape index (κ3) is 3.27. The summed E-state index contributed by atoms with van der Waals surface area (Å²) >= 11 is 0. The minimum atomic E-state index is -0.969. The molecule has 114 valence electrons. The van der Waals surface area contributed by atoms with Crippen LogP contribution < -0.4 is 4.90 Å². The third-order valence-corrected chi connectivity index (χ3v) is 3.23. The van der Waals surface area contributed by atoms with E-state index in [-0.39, 0.29) is 16.9 Å². The highest BCUT2D eigenvalue weighted by atomic mass is 19.1. The number of carbonyl (C=O) groups excluding carboxylic acids is 1. The zero-order chi connectivity index (χ0) is 15.4. The monoisotopic (exact) mass is 298 g/mol. The number of rotatable bonds is 3. The molecule has 1 aromatic rings.